The van der Waals surface area contributed by atoms with Crippen molar-refractivity contribution < 1.29 is 9.53 Å². The third-order valence-corrected chi connectivity index (χ3v) is 3.14. The van der Waals surface area contributed by atoms with Gasteiger partial charge in [0.2, 0.25) is 6.04 Å². The predicted molar refractivity (Wildman–Crippen MR) is 97.0 cm³/mol. The van der Waals surface area contributed by atoms with Gasteiger partial charge < -0.3 is 4.74 Å². The van der Waals surface area contributed by atoms with Crippen LogP contribution in [0.5, 0.6) is 0 Å². The summed E-state index contributed by atoms with van der Waals surface area (Å²) >= 11 is 0. The first-order chi connectivity index (χ1) is 11.4. The number of rotatable bonds is 4. The van der Waals surface area contributed by atoms with E-state index in [1.54, 1.807) is 20.8 Å². The van der Waals surface area contributed by atoms with Gasteiger partial charge in [0.05, 0.1) is 5.71 Å². The monoisotopic (exact) mass is 319 g/mol. The van der Waals surface area contributed by atoms with Crippen molar-refractivity contribution in [3.05, 3.63) is 71.8 Å². The molecule has 0 aliphatic rings. The first-order valence-corrected chi connectivity index (χ1v) is 7.78. The zero-order chi connectivity index (χ0) is 17.6. The summed E-state index contributed by atoms with van der Waals surface area (Å²) < 4.78 is 5.37. The summed E-state index contributed by atoms with van der Waals surface area (Å²) in [5, 5.41) is 0. The Labute approximate surface area is 143 Å². The van der Waals surface area contributed by atoms with Gasteiger partial charge in [-0.25, -0.2) is 4.79 Å². The van der Waals surface area contributed by atoms with E-state index < -0.39 is 17.6 Å². The van der Waals surface area contributed by atoms with Crippen LogP contribution in [0.2, 0.25) is 0 Å². The second kappa shape index (κ2) is 7.61. The van der Waals surface area contributed by atoms with Gasteiger partial charge in [-0.1, -0.05) is 66.6 Å². The summed E-state index contributed by atoms with van der Waals surface area (Å²) in [4.78, 5) is 16.8. The molecule has 3 heteroatoms. The van der Waals surface area contributed by atoms with Gasteiger partial charge in [0.1, 0.15) is 5.60 Å². The molecule has 0 aromatic heterocycles. The zero-order valence-electron chi connectivity index (χ0n) is 14.2. The van der Waals surface area contributed by atoms with Crippen molar-refractivity contribution >= 4 is 11.7 Å². The molecular formula is C21H21NO2. The topological polar surface area (TPSA) is 38.7 Å². The fraction of sp³-hybridized carbons (Fsp3) is 0.238. The molecule has 0 heterocycles. The molecule has 1 atom stereocenters. The summed E-state index contributed by atoms with van der Waals surface area (Å²) in [5.74, 6) is 1.91. The molecule has 0 amide bonds. The minimum atomic E-state index is -0.986. The zero-order valence-corrected chi connectivity index (χ0v) is 14.2. The SMILES string of the molecule is C#C[C@@H](N=C(c1ccccc1)c1ccccc1)C(=O)OC(C)(C)C. The number of esters is 1. The van der Waals surface area contributed by atoms with E-state index in [2.05, 4.69) is 10.9 Å². The summed E-state index contributed by atoms with van der Waals surface area (Å²) in [6, 6.07) is 18.3. The standard InChI is InChI=1S/C21H21NO2/c1-5-18(20(23)24-21(2,3)4)22-19(16-12-8-6-9-13-16)17-14-10-7-11-15-17/h1,6-15,18H,2-4H3/t18-/m1/s1. The molecule has 0 spiro atoms. The third kappa shape index (κ3) is 4.82. The van der Waals surface area contributed by atoms with Crippen LogP contribution in [0.3, 0.4) is 0 Å². The van der Waals surface area contributed by atoms with Crippen molar-refractivity contribution in [2.45, 2.75) is 32.4 Å². The number of aliphatic imine (C=N–C) groups is 1. The van der Waals surface area contributed by atoms with Crippen LogP contribution >= 0.6 is 0 Å². The number of benzene rings is 2. The van der Waals surface area contributed by atoms with Gasteiger partial charge in [0, 0.05) is 11.1 Å². The van der Waals surface area contributed by atoms with Gasteiger partial charge >= 0.3 is 5.97 Å². The summed E-state index contributed by atoms with van der Waals surface area (Å²) in [7, 11) is 0. The Bertz CT molecular complexity index is 708. The number of carbonyl (C=O) groups is 1. The van der Waals surface area contributed by atoms with Crippen LogP contribution < -0.4 is 0 Å². The van der Waals surface area contributed by atoms with Crippen LogP contribution in [-0.4, -0.2) is 23.3 Å². The fourth-order valence-corrected chi connectivity index (χ4v) is 2.15. The molecule has 2 rings (SSSR count). The molecule has 0 aliphatic carbocycles. The highest BCUT2D eigenvalue weighted by Gasteiger charge is 2.24. The number of hydrogen-bond acceptors (Lipinski definition) is 3. The van der Waals surface area contributed by atoms with Crippen LogP contribution in [0.1, 0.15) is 31.9 Å². The molecule has 24 heavy (non-hydrogen) atoms. The molecule has 0 unspecified atom stereocenters. The van der Waals surface area contributed by atoms with E-state index in [9.17, 15) is 4.79 Å². The second-order valence-electron chi connectivity index (χ2n) is 6.31. The number of nitrogens with zero attached hydrogens (tertiary/aromatic N) is 1. The maximum absolute atomic E-state index is 12.3. The van der Waals surface area contributed by atoms with Gasteiger partial charge in [-0.05, 0) is 20.8 Å². The smallest absolute Gasteiger partial charge is 0.343 e. The van der Waals surface area contributed by atoms with E-state index in [0.29, 0.717) is 5.71 Å². The van der Waals surface area contributed by atoms with Crippen molar-refractivity contribution in [2.24, 2.45) is 4.99 Å². The molecule has 3 nitrogen and oxygen atoms in total. The highest BCUT2D eigenvalue weighted by Crippen LogP contribution is 2.14. The summed E-state index contributed by atoms with van der Waals surface area (Å²) in [6.45, 7) is 5.41. The molecule has 2 aromatic rings. The lowest BCUT2D eigenvalue weighted by Crippen LogP contribution is -2.31. The van der Waals surface area contributed by atoms with Crippen molar-refractivity contribution in [1.29, 1.82) is 0 Å². The Morgan fingerprint density at radius 3 is 1.83 bits per heavy atom. The molecule has 0 saturated carbocycles. The highest BCUT2D eigenvalue weighted by molar-refractivity contribution is 6.13. The number of terminal acetylenes is 1. The van der Waals surface area contributed by atoms with Gasteiger partial charge in [0.15, 0.2) is 0 Å². The normalized spacial score (nSPS) is 11.9. The quantitative estimate of drug-likeness (QED) is 0.487. The van der Waals surface area contributed by atoms with E-state index in [4.69, 9.17) is 11.2 Å². The van der Waals surface area contributed by atoms with Gasteiger partial charge in [0.25, 0.3) is 0 Å². The van der Waals surface area contributed by atoms with E-state index in [-0.39, 0.29) is 0 Å². The van der Waals surface area contributed by atoms with Crippen molar-refractivity contribution in [1.82, 2.24) is 0 Å². The Morgan fingerprint density at radius 1 is 1.00 bits per heavy atom. The first-order valence-electron chi connectivity index (χ1n) is 7.78. The molecule has 0 radical (unpaired) electrons. The van der Waals surface area contributed by atoms with Gasteiger partial charge in [-0.2, -0.15) is 0 Å². The average Bonchev–Trinajstić information content (AvgIpc) is 2.56. The predicted octanol–water partition coefficient (Wildman–Crippen LogP) is 3.87. The maximum atomic E-state index is 12.3. The fourth-order valence-electron chi connectivity index (χ4n) is 2.15. The molecule has 0 bridgehead atoms. The van der Waals surface area contributed by atoms with Crippen molar-refractivity contribution in [3.63, 3.8) is 0 Å². The Kier molecular flexibility index (Phi) is 5.55. The molecule has 122 valence electrons. The van der Waals surface area contributed by atoms with E-state index in [1.165, 1.54) is 0 Å². The lowest BCUT2D eigenvalue weighted by atomic mass is 10.0. The molecule has 2 aromatic carbocycles. The Balaban J connectivity index is 2.44. The van der Waals surface area contributed by atoms with Crippen LogP contribution in [0.25, 0.3) is 0 Å². The molecule has 0 N–H and O–H groups in total. The Hall–Kier alpha value is -2.86. The second-order valence-corrected chi connectivity index (χ2v) is 6.31. The molecule has 0 fully saturated rings. The van der Waals surface area contributed by atoms with Crippen LogP contribution in [-0.2, 0) is 9.53 Å². The molecule has 0 aliphatic heterocycles. The van der Waals surface area contributed by atoms with Gasteiger partial charge in [-0.15, -0.1) is 6.42 Å². The lowest BCUT2D eigenvalue weighted by Gasteiger charge is -2.21. The molecule has 0 saturated heterocycles. The van der Waals surface area contributed by atoms with Gasteiger partial charge in [-0.3, -0.25) is 4.99 Å². The summed E-state index contributed by atoms with van der Waals surface area (Å²) in [5.41, 5.74) is 1.85. The maximum Gasteiger partial charge on any atom is 0.343 e. The summed E-state index contributed by atoms with van der Waals surface area (Å²) in [6.07, 6.45) is 5.54. The minimum absolute atomic E-state index is 0.519. The first kappa shape index (κ1) is 17.5. The number of hydrogen-bond donors (Lipinski definition) is 0. The largest absolute Gasteiger partial charge is 0.458 e. The van der Waals surface area contributed by atoms with E-state index in [1.807, 2.05) is 60.7 Å². The van der Waals surface area contributed by atoms with Crippen molar-refractivity contribution in [2.75, 3.05) is 0 Å². The Morgan fingerprint density at radius 2 is 1.46 bits per heavy atom. The third-order valence-electron chi connectivity index (χ3n) is 3.14. The van der Waals surface area contributed by atoms with Crippen LogP contribution in [0.4, 0.5) is 0 Å². The van der Waals surface area contributed by atoms with E-state index >= 15 is 0 Å². The minimum Gasteiger partial charge on any atom is -0.458 e. The van der Waals surface area contributed by atoms with Crippen LogP contribution in [0.15, 0.2) is 65.7 Å². The lowest BCUT2D eigenvalue weighted by molar-refractivity contribution is -0.154. The van der Waals surface area contributed by atoms with Crippen molar-refractivity contribution in [3.8, 4) is 12.3 Å². The molecular weight excluding hydrogens is 298 g/mol. The van der Waals surface area contributed by atoms with E-state index in [0.717, 1.165) is 11.1 Å². The van der Waals surface area contributed by atoms with Crippen LogP contribution in [0, 0.1) is 12.3 Å². The number of ether oxygens (including phenoxy) is 1. The number of carbonyl (C=O) groups excluding carboxylic acids is 1. The highest BCUT2D eigenvalue weighted by atomic mass is 16.6. The average molecular weight is 319 g/mol.